The third kappa shape index (κ3) is 1.03. The Morgan fingerprint density at radius 1 is 1.60 bits per heavy atom. The normalized spacial score (nSPS) is 27.6. The molecule has 1 atom stereocenters. The molecule has 5 heteroatoms. The summed E-state index contributed by atoms with van der Waals surface area (Å²) in [5.74, 6) is 0. The van der Waals surface area contributed by atoms with Gasteiger partial charge in [-0.3, -0.25) is 0 Å². The molecule has 2 aliphatic heterocycles. The third-order valence-corrected chi connectivity index (χ3v) is 3.33. The Bertz CT molecular complexity index is 450. The van der Waals surface area contributed by atoms with E-state index in [1.54, 1.807) is 11.1 Å². The Kier molecular flexibility index (Phi) is 1.49. The molecule has 0 radical (unpaired) electrons. The molecule has 2 N–H and O–H groups in total. The fraction of sp³-hybridized carbons (Fsp3) is 0.400. The van der Waals surface area contributed by atoms with Crippen LogP contribution >= 0.6 is 0 Å². The average Bonchev–Trinajstić information content (AvgIpc) is 2.88. The number of fused-ring (bicyclic) bond motifs is 2. The number of hydrogen-bond acceptors (Lipinski definition) is 2. The standard InChI is InChI=1S/C10H12N4O/c11-9(15)13-5-2-10(7-13)3-6-14-8(10)1-4-12-14/h1,3-4,6H,2,5,7H2,(H2,11,15). The quantitative estimate of drug-likeness (QED) is 0.664. The molecule has 1 spiro atoms. The van der Waals surface area contributed by atoms with Gasteiger partial charge in [-0.2, -0.15) is 5.10 Å². The number of aromatic nitrogens is 2. The fourth-order valence-electron chi connectivity index (χ4n) is 2.49. The first-order valence-electron chi connectivity index (χ1n) is 4.99. The zero-order valence-electron chi connectivity index (χ0n) is 8.26. The molecule has 1 saturated heterocycles. The van der Waals surface area contributed by atoms with Gasteiger partial charge in [-0.25, -0.2) is 9.48 Å². The van der Waals surface area contributed by atoms with E-state index >= 15 is 0 Å². The zero-order chi connectivity index (χ0) is 10.5. The lowest BCUT2D eigenvalue weighted by molar-refractivity contribution is 0.216. The molecule has 0 saturated carbocycles. The number of carbonyl (C=O) groups is 1. The second-order valence-electron chi connectivity index (χ2n) is 4.14. The van der Waals surface area contributed by atoms with Crippen molar-refractivity contribution in [3.05, 3.63) is 24.0 Å². The Morgan fingerprint density at radius 3 is 3.20 bits per heavy atom. The predicted octanol–water partition coefficient (Wildman–Crippen LogP) is 0.390. The van der Waals surface area contributed by atoms with Crippen LogP contribution in [0.3, 0.4) is 0 Å². The fourth-order valence-corrected chi connectivity index (χ4v) is 2.49. The summed E-state index contributed by atoms with van der Waals surface area (Å²) < 4.78 is 1.87. The smallest absolute Gasteiger partial charge is 0.314 e. The molecule has 2 aliphatic rings. The van der Waals surface area contributed by atoms with Gasteiger partial charge in [-0.05, 0) is 12.5 Å². The van der Waals surface area contributed by atoms with Gasteiger partial charge in [0.05, 0.1) is 11.1 Å². The molecule has 0 aromatic carbocycles. The monoisotopic (exact) mass is 204 g/mol. The van der Waals surface area contributed by atoms with E-state index < -0.39 is 0 Å². The molecule has 5 nitrogen and oxygen atoms in total. The van der Waals surface area contributed by atoms with Crippen LogP contribution in [0.25, 0.3) is 6.20 Å². The van der Waals surface area contributed by atoms with Crippen LogP contribution in [-0.2, 0) is 5.41 Å². The number of urea groups is 1. The Labute approximate surface area is 87.2 Å². The number of nitrogens with zero attached hydrogens (tertiary/aromatic N) is 3. The van der Waals surface area contributed by atoms with Gasteiger partial charge in [0.15, 0.2) is 0 Å². The van der Waals surface area contributed by atoms with Crippen molar-refractivity contribution in [1.82, 2.24) is 14.7 Å². The van der Waals surface area contributed by atoms with E-state index in [-0.39, 0.29) is 11.4 Å². The molecule has 1 aromatic heterocycles. The molecule has 0 aliphatic carbocycles. The lowest BCUT2D eigenvalue weighted by Crippen LogP contribution is -2.36. The van der Waals surface area contributed by atoms with E-state index in [0.29, 0.717) is 6.54 Å². The van der Waals surface area contributed by atoms with Gasteiger partial charge < -0.3 is 10.6 Å². The summed E-state index contributed by atoms with van der Waals surface area (Å²) in [6.45, 7) is 1.40. The predicted molar refractivity (Wildman–Crippen MR) is 55.0 cm³/mol. The second-order valence-corrected chi connectivity index (χ2v) is 4.14. The number of likely N-dealkylation sites (tertiary alicyclic amines) is 1. The lowest BCUT2D eigenvalue weighted by Gasteiger charge is -2.20. The summed E-state index contributed by atoms with van der Waals surface area (Å²) in [6.07, 6.45) is 6.80. The van der Waals surface area contributed by atoms with Crippen molar-refractivity contribution in [2.24, 2.45) is 5.73 Å². The Balaban J connectivity index is 1.96. The van der Waals surface area contributed by atoms with Gasteiger partial charge in [-0.15, -0.1) is 0 Å². The van der Waals surface area contributed by atoms with Crippen LogP contribution in [0.2, 0.25) is 0 Å². The summed E-state index contributed by atoms with van der Waals surface area (Å²) in [5, 5.41) is 4.18. The number of nitrogens with two attached hydrogens (primary N) is 1. The first kappa shape index (κ1) is 8.52. The van der Waals surface area contributed by atoms with E-state index in [4.69, 9.17) is 5.73 Å². The molecule has 15 heavy (non-hydrogen) atoms. The van der Waals surface area contributed by atoms with E-state index in [9.17, 15) is 4.79 Å². The van der Waals surface area contributed by atoms with Gasteiger partial charge in [0.2, 0.25) is 0 Å². The van der Waals surface area contributed by atoms with Gasteiger partial charge in [-0.1, -0.05) is 6.08 Å². The average molecular weight is 204 g/mol. The van der Waals surface area contributed by atoms with Crippen LogP contribution in [0, 0.1) is 0 Å². The zero-order valence-corrected chi connectivity index (χ0v) is 8.26. The largest absolute Gasteiger partial charge is 0.351 e. The molecule has 78 valence electrons. The van der Waals surface area contributed by atoms with Crippen molar-refractivity contribution in [3.8, 4) is 0 Å². The molecule has 2 amide bonds. The van der Waals surface area contributed by atoms with Crippen molar-refractivity contribution in [1.29, 1.82) is 0 Å². The summed E-state index contributed by atoms with van der Waals surface area (Å²) in [7, 11) is 0. The Morgan fingerprint density at radius 2 is 2.47 bits per heavy atom. The highest BCUT2D eigenvalue weighted by atomic mass is 16.2. The molecule has 3 rings (SSSR count). The lowest BCUT2D eigenvalue weighted by atomic mass is 9.85. The van der Waals surface area contributed by atoms with Gasteiger partial charge in [0.1, 0.15) is 0 Å². The van der Waals surface area contributed by atoms with Crippen molar-refractivity contribution >= 4 is 12.2 Å². The minimum atomic E-state index is -0.335. The number of hydrogen-bond donors (Lipinski definition) is 1. The van der Waals surface area contributed by atoms with Crippen LogP contribution in [0.15, 0.2) is 18.3 Å². The molecule has 1 unspecified atom stereocenters. The van der Waals surface area contributed by atoms with Crippen molar-refractivity contribution in [2.45, 2.75) is 11.8 Å². The number of rotatable bonds is 0. The summed E-state index contributed by atoms with van der Waals surface area (Å²) in [4.78, 5) is 12.8. The van der Waals surface area contributed by atoms with E-state index in [1.165, 1.54) is 0 Å². The van der Waals surface area contributed by atoms with Crippen LogP contribution in [0.4, 0.5) is 4.79 Å². The van der Waals surface area contributed by atoms with Crippen molar-refractivity contribution in [3.63, 3.8) is 0 Å². The van der Waals surface area contributed by atoms with E-state index in [0.717, 1.165) is 18.7 Å². The summed E-state index contributed by atoms with van der Waals surface area (Å²) >= 11 is 0. The van der Waals surface area contributed by atoms with Gasteiger partial charge >= 0.3 is 6.03 Å². The first-order valence-corrected chi connectivity index (χ1v) is 4.99. The van der Waals surface area contributed by atoms with Gasteiger partial charge in [0.25, 0.3) is 0 Å². The minimum Gasteiger partial charge on any atom is -0.351 e. The van der Waals surface area contributed by atoms with Gasteiger partial charge in [0, 0.05) is 25.5 Å². The third-order valence-electron chi connectivity index (χ3n) is 3.33. The topological polar surface area (TPSA) is 64.2 Å². The summed E-state index contributed by atoms with van der Waals surface area (Å²) in [5.41, 5.74) is 6.39. The maximum atomic E-state index is 11.1. The molecule has 3 heterocycles. The molecular weight excluding hydrogens is 192 g/mol. The molecule has 1 aromatic rings. The molecular formula is C10H12N4O. The minimum absolute atomic E-state index is 0.0501. The number of amides is 2. The first-order chi connectivity index (χ1) is 7.21. The van der Waals surface area contributed by atoms with Crippen LogP contribution in [-0.4, -0.2) is 33.8 Å². The highest BCUT2D eigenvalue weighted by Crippen LogP contribution is 2.39. The van der Waals surface area contributed by atoms with Crippen molar-refractivity contribution < 1.29 is 4.79 Å². The maximum Gasteiger partial charge on any atom is 0.314 e. The van der Waals surface area contributed by atoms with Crippen LogP contribution in [0.5, 0.6) is 0 Å². The number of primary amides is 1. The Hall–Kier alpha value is -1.78. The highest BCUT2D eigenvalue weighted by Gasteiger charge is 2.43. The molecule has 1 fully saturated rings. The van der Waals surface area contributed by atoms with Crippen LogP contribution < -0.4 is 5.73 Å². The second kappa shape index (κ2) is 2.62. The summed E-state index contributed by atoms with van der Waals surface area (Å²) in [6, 6.07) is 1.67. The van der Waals surface area contributed by atoms with E-state index in [2.05, 4.69) is 11.2 Å². The SMILES string of the molecule is NC(=O)N1CCC2(C=Cn3nccc32)C1. The number of carbonyl (C=O) groups excluding carboxylic acids is 1. The highest BCUT2D eigenvalue weighted by molar-refractivity contribution is 5.73. The van der Waals surface area contributed by atoms with E-state index in [1.807, 2.05) is 16.9 Å². The molecule has 0 bridgehead atoms. The van der Waals surface area contributed by atoms with Crippen molar-refractivity contribution in [2.75, 3.05) is 13.1 Å². The maximum absolute atomic E-state index is 11.1. The van der Waals surface area contributed by atoms with Crippen LogP contribution in [0.1, 0.15) is 12.1 Å².